The highest BCUT2D eigenvalue weighted by Crippen LogP contribution is 2.19. The Morgan fingerprint density at radius 2 is 2.05 bits per heavy atom. The van der Waals surface area contributed by atoms with E-state index in [1.165, 1.54) is 0 Å². The van der Waals surface area contributed by atoms with Gasteiger partial charge in [-0.1, -0.05) is 25.6 Å². The normalized spacial score (nSPS) is 13.9. The second-order valence-corrected chi connectivity index (χ2v) is 5.80. The van der Waals surface area contributed by atoms with Gasteiger partial charge in [-0.2, -0.15) is 0 Å². The van der Waals surface area contributed by atoms with Gasteiger partial charge in [0.05, 0.1) is 13.2 Å². The minimum Gasteiger partial charge on any atom is -0.494 e. The van der Waals surface area contributed by atoms with Gasteiger partial charge in [0.25, 0.3) is 0 Å². The average Bonchev–Trinajstić information content (AvgIpc) is 2.84. The number of anilines is 1. The summed E-state index contributed by atoms with van der Waals surface area (Å²) in [6, 6.07) is 8.07. The van der Waals surface area contributed by atoms with Crippen molar-refractivity contribution in [3.8, 4) is 5.75 Å². The van der Waals surface area contributed by atoms with E-state index in [0.717, 1.165) is 41.9 Å². The average molecular weight is 301 g/mol. The quantitative estimate of drug-likeness (QED) is 0.891. The Balaban J connectivity index is 0.00000180. The highest BCUT2D eigenvalue weighted by atomic mass is 35.5. The molecule has 0 saturated carbocycles. The van der Waals surface area contributed by atoms with Crippen LogP contribution in [0.1, 0.15) is 20.3 Å². The smallest absolute Gasteiger partial charge is 0.161 e. The van der Waals surface area contributed by atoms with Crippen molar-refractivity contribution in [3.63, 3.8) is 0 Å². The van der Waals surface area contributed by atoms with Crippen molar-refractivity contribution in [2.24, 2.45) is 10.9 Å². The maximum absolute atomic E-state index is 5.68. The molecule has 0 aromatic heterocycles. The van der Waals surface area contributed by atoms with Crippen LogP contribution in [0, 0.1) is 5.92 Å². The van der Waals surface area contributed by atoms with E-state index < -0.39 is 0 Å². The number of amidine groups is 1. The molecule has 0 bridgehead atoms. The molecule has 1 aromatic carbocycles. The van der Waals surface area contributed by atoms with Crippen molar-refractivity contribution in [1.82, 2.24) is 0 Å². The van der Waals surface area contributed by atoms with Gasteiger partial charge in [0.1, 0.15) is 5.75 Å². The lowest BCUT2D eigenvalue weighted by atomic mass is 10.1. The van der Waals surface area contributed by atoms with Gasteiger partial charge in [-0.05, 0) is 36.6 Å². The first-order valence-corrected chi connectivity index (χ1v) is 7.40. The molecule has 1 aliphatic heterocycles. The van der Waals surface area contributed by atoms with Crippen LogP contribution in [0.5, 0.6) is 5.75 Å². The third-order valence-electron chi connectivity index (χ3n) is 2.65. The van der Waals surface area contributed by atoms with Gasteiger partial charge in [0, 0.05) is 11.4 Å². The standard InChI is InChI=1S/C14H20N2OS.ClH/c1-11(2)7-9-17-13-5-3-12(4-6-13)16-14-15-8-10-18-14;/h3-6,11H,7-10H2,1-2H3,(H,15,16);1H. The van der Waals surface area contributed by atoms with Crippen molar-refractivity contribution in [2.45, 2.75) is 20.3 Å². The number of nitrogens with one attached hydrogen (secondary N) is 1. The van der Waals surface area contributed by atoms with E-state index in [1.54, 1.807) is 11.8 Å². The number of aliphatic imine (C=N–C) groups is 1. The molecule has 0 unspecified atom stereocenters. The van der Waals surface area contributed by atoms with Crippen LogP contribution in [-0.4, -0.2) is 24.1 Å². The first-order chi connectivity index (χ1) is 8.74. The largest absolute Gasteiger partial charge is 0.494 e. The maximum atomic E-state index is 5.68. The van der Waals surface area contributed by atoms with Crippen LogP contribution in [-0.2, 0) is 0 Å². The molecule has 0 amide bonds. The fourth-order valence-corrected chi connectivity index (χ4v) is 2.33. The Hall–Kier alpha value is -0.870. The zero-order chi connectivity index (χ0) is 12.8. The van der Waals surface area contributed by atoms with Crippen molar-refractivity contribution < 1.29 is 4.74 Å². The summed E-state index contributed by atoms with van der Waals surface area (Å²) in [4.78, 5) is 4.36. The second-order valence-electron chi connectivity index (χ2n) is 4.72. The van der Waals surface area contributed by atoms with Crippen molar-refractivity contribution in [2.75, 3.05) is 24.2 Å². The van der Waals surface area contributed by atoms with Crippen LogP contribution in [0.15, 0.2) is 29.3 Å². The predicted molar refractivity (Wildman–Crippen MR) is 87.0 cm³/mol. The molecule has 5 heteroatoms. The zero-order valence-corrected chi connectivity index (χ0v) is 13.0. The molecule has 1 aromatic rings. The van der Waals surface area contributed by atoms with Crippen LogP contribution in [0.25, 0.3) is 0 Å². The van der Waals surface area contributed by atoms with Crippen LogP contribution in [0.2, 0.25) is 0 Å². The van der Waals surface area contributed by atoms with Crippen molar-refractivity contribution >= 4 is 35.0 Å². The number of rotatable bonds is 5. The fraction of sp³-hybridized carbons (Fsp3) is 0.500. The topological polar surface area (TPSA) is 33.6 Å². The van der Waals surface area contributed by atoms with Crippen LogP contribution < -0.4 is 10.1 Å². The number of thioether (sulfide) groups is 1. The summed E-state index contributed by atoms with van der Waals surface area (Å²) in [6.07, 6.45) is 1.09. The summed E-state index contributed by atoms with van der Waals surface area (Å²) < 4.78 is 5.68. The molecule has 2 rings (SSSR count). The third-order valence-corrected chi connectivity index (χ3v) is 3.55. The summed E-state index contributed by atoms with van der Waals surface area (Å²) in [5.74, 6) is 2.70. The van der Waals surface area contributed by atoms with Gasteiger partial charge in [0.2, 0.25) is 0 Å². The fourth-order valence-electron chi connectivity index (χ4n) is 1.58. The Labute approximate surface area is 125 Å². The summed E-state index contributed by atoms with van der Waals surface area (Å²) in [5.41, 5.74) is 1.07. The number of hydrogen-bond donors (Lipinski definition) is 1. The number of nitrogens with zero attached hydrogens (tertiary/aromatic N) is 1. The zero-order valence-electron chi connectivity index (χ0n) is 11.4. The Morgan fingerprint density at radius 1 is 1.32 bits per heavy atom. The highest BCUT2D eigenvalue weighted by Gasteiger charge is 2.06. The van der Waals surface area contributed by atoms with Crippen LogP contribution >= 0.6 is 24.2 Å². The molecule has 19 heavy (non-hydrogen) atoms. The monoisotopic (exact) mass is 300 g/mol. The van der Waals surface area contributed by atoms with Gasteiger partial charge in [-0.3, -0.25) is 4.99 Å². The van der Waals surface area contributed by atoms with Crippen molar-refractivity contribution in [3.05, 3.63) is 24.3 Å². The number of hydrogen-bond acceptors (Lipinski definition) is 4. The highest BCUT2D eigenvalue weighted by molar-refractivity contribution is 8.14. The lowest BCUT2D eigenvalue weighted by Gasteiger charge is -2.09. The molecule has 1 aliphatic rings. The summed E-state index contributed by atoms with van der Waals surface area (Å²) in [7, 11) is 0. The predicted octanol–water partition coefficient (Wildman–Crippen LogP) is 4.05. The van der Waals surface area contributed by atoms with Gasteiger partial charge in [-0.15, -0.1) is 12.4 Å². The van der Waals surface area contributed by atoms with Crippen molar-refractivity contribution in [1.29, 1.82) is 0 Å². The summed E-state index contributed by atoms with van der Waals surface area (Å²) in [5, 5.41) is 4.32. The molecule has 106 valence electrons. The van der Waals surface area contributed by atoms with E-state index in [9.17, 15) is 0 Å². The van der Waals surface area contributed by atoms with E-state index in [2.05, 4.69) is 24.2 Å². The summed E-state index contributed by atoms with van der Waals surface area (Å²) in [6.45, 7) is 6.11. The van der Waals surface area contributed by atoms with Gasteiger partial charge in [-0.25, -0.2) is 0 Å². The Kier molecular flexibility index (Phi) is 7.10. The first-order valence-electron chi connectivity index (χ1n) is 6.41. The number of benzene rings is 1. The first kappa shape index (κ1) is 16.2. The molecule has 0 fully saturated rings. The third kappa shape index (κ3) is 5.74. The van der Waals surface area contributed by atoms with E-state index in [0.29, 0.717) is 5.92 Å². The number of halogens is 1. The van der Waals surface area contributed by atoms with Crippen LogP contribution in [0.4, 0.5) is 5.69 Å². The molecule has 3 nitrogen and oxygen atoms in total. The minimum atomic E-state index is 0. The minimum absolute atomic E-state index is 0. The Morgan fingerprint density at radius 3 is 2.63 bits per heavy atom. The molecule has 0 radical (unpaired) electrons. The van der Waals surface area contributed by atoms with E-state index >= 15 is 0 Å². The summed E-state index contributed by atoms with van der Waals surface area (Å²) >= 11 is 1.77. The van der Waals surface area contributed by atoms with Gasteiger partial charge >= 0.3 is 0 Å². The molecule has 0 saturated heterocycles. The molecular formula is C14H21ClN2OS. The van der Waals surface area contributed by atoms with E-state index in [4.69, 9.17) is 4.74 Å². The molecule has 1 heterocycles. The molecular weight excluding hydrogens is 280 g/mol. The maximum Gasteiger partial charge on any atom is 0.161 e. The van der Waals surface area contributed by atoms with Gasteiger partial charge in [0.15, 0.2) is 5.17 Å². The molecule has 1 N–H and O–H groups in total. The second kappa shape index (κ2) is 8.33. The lowest BCUT2D eigenvalue weighted by molar-refractivity contribution is 0.289. The Bertz CT molecular complexity index is 406. The van der Waals surface area contributed by atoms with E-state index in [1.807, 2.05) is 24.3 Å². The molecule has 0 atom stereocenters. The SMILES string of the molecule is CC(C)CCOc1ccc(NC2=NCCS2)cc1.Cl. The van der Waals surface area contributed by atoms with Crippen LogP contribution in [0.3, 0.4) is 0 Å². The molecule has 0 aliphatic carbocycles. The lowest BCUT2D eigenvalue weighted by Crippen LogP contribution is -2.05. The number of ether oxygens (including phenoxy) is 1. The molecule has 0 spiro atoms. The van der Waals surface area contributed by atoms with E-state index in [-0.39, 0.29) is 12.4 Å². The van der Waals surface area contributed by atoms with Gasteiger partial charge < -0.3 is 10.1 Å².